The van der Waals surface area contributed by atoms with Crippen LogP contribution in [0.1, 0.15) is 5.56 Å². The Morgan fingerprint density at radius 3 is 2.08 bits per heavy atom. The van der Waals surface area contributed by atoms with Crippen molar-refractivity contribution in [2.24, 2.45) is 0 Å². The van der Waals surface area contributed by atoms with Crippen molar-refractivity contribution in [1.29, 1.82) is 5.26 Å². The molecule has 0 aliphatic carbocycles. The van der Waals surface area contributed by atoms with E-state index >= 15 is 0 Å². The normalized spacial score (nSPS) is 11.5. The summed E-state index contributed by atoms with van der Waals surface area (Å²) in [6.07, 6.45) is 0. The summed E-state index contributed by atoms with van der Waals surface area (Å²) in [6, 6.07) is 46.7. The molecular weight excluding hydrogens is 506 g/mol. The third-order valence-electron chi connectivity index (χ3n) is 7.74. The van der Waals surface area contributed by atoms with E-state index in [0.717, 1.165) is 55.3 Å². The fraction of sp³-hybridized carbons (Fsp3) is 0. The number of hydrogen-bond acceptors (Lipinski definition) is 3. The smallest absolute Gasteiger partial charge is 0.135 e. The highest BCUT2D eigenvalue weighted by Gasteiger charge is 2.20. The van der Waals surface area contributed by atoms with Crippen molar-refractivity contribution >= 4 is 53.4 Å². The lowest BCUT2D eigenvalue weighted by atomic mass is 9.84. The predicted molar refractivity (Wildman–Crippen MR) is 168 cm³/mol. The number of hydrogen-bond donors (Lipinski definition) is 0. The molecule has 40 heavy (non-hydrogen) atoms. The molecule has 8 rings (SSSR count). The van der Waals surface area contributed by atoms with Crippen molar-refractivity contribution in [3.05, 3.63) is 133 Å². The molecule has 6 aromatic carbocycles. The van der Waals surface area contributed by atoms with Crippen LogP contribution in [0, 0.1) is 11.3 Å². The van der Waals surface area contributed by atoms with Crippen molar-refractivity contribution in [3.8, 4) is 39.4 Å². The van der Waals surface area contributed by atoms with Gasteiger partial charge in [-0.3, -0.25) is 0 Å². The lowest BCUT2D eigenvalue weighted by molar-refractivity contribution is 0.669. The third kappa shape index (κ3) is 3.48. The van der Waals surface area contributed by atoms with Crippen LogP contribution in [0.2, 0.25) is 0 Å². The Balaban J connectivity index is 1.44. The zero-order valence-electron chi connectivity index (χ0n) is 21.4. The maximum atomic E-state index is 10.3. The second-order valence-corrected chi connectivity index (χ2v) is 11.1. The van der Waals surface area contributed by atoms with Crippen LogP contribution >= 0.6 is 11.3 Å². The molecule has 186 valence electrons. The van der Waals surface area contributed by atoms with Crippen LogP contribution in [0.15, 0.2) is 132 Å². The van der Waals surface area contributed by atoms with Gasteiger partial charge in [0.15, 0.2) is 0 Å². The van der Waals surface area contributed by atoms with Gasteiger partial charge in [0.2, 0.25) is 0 Å². The van der Waals surface area contributed by atoms with Gasteiger partial charge in [-0.05, 0) is 70.3 Å². The van der Waals surface area contributed by atoms with E-state index in [2.05, 4.69) is 97.1 Å². The zero-order valence-corrected chi connectivity index (χ0v) is 22.2. The fourth-order valence-corrected chi connectivity index (χ4v) is 7.00. The van der Waals surface area contributed by atoms with E-state index in [1.807, 2.05) is 47.7 Å². The van der Waals surface area contributed by atoms with Crippen LogP contribution in [0.3, 0.4) is 0 Å². The highest BCUT2D eigenvalue weighted by atomic mass is 32.1. The van der Waals surface area contributed by atoms with Crippen LogP contribution < -0.4 is 0 Å². The Morgan fingerprint density at radius 1 is 0.500 bits per heavy atom. The monoisotopic (exact) mass is 527 g/mol. The number of fused-ring (bicyclic) bond motifs is 6. The van der Waals surface area contributed by atoms with Crippen LogP contribution in [-0.2, 0) is 0 Å². The summed E-state index contributed by atoms with van der Waals surface area (Å²) in [6.45, 7) is 0. The van der Waals surface area contributed by atoms with Crippen molar-refractivity contribution in [2.75, 3.05) is 0 Å². The number of rotatable bonds is 3. The number of nitrogens with zero attached hydrogens (tertiary/aromatic N) is 1. The van der Waals surface area contributed by atoms with E-state index in [4.69, 9.17) is 4.42 Å². The SMILES string of the molecule is N#Cc1ccc(-c2ccc3sc4ccccc4c3c2)c(-c2ccccc2)c1-c1ccc2oc3ccccc3c2c1. The van der Waals surface area contributed by atoms with Crippen LogP contribution in [0.25, 0.3) is 75.5 Å². The van der Waals surface area contributed by atoms with Crippen molar-refractivity contribution < 1.29 is 4.42 Å². The highest BCUT2D eigenvalue weighted by molar-refractivity contribution is 7.25. The Bertz CT molecular complexity index is 2280. The van der Waals surface area contributed by atoms with Gasteiger partial charge < -0.3 is 4.42 Å². The van der Waals surface area contributed by atoms with Crippen molar-refractivity contribution in [1.82, 2.24) is 0 Å². The van der Waals surface area contributed by atoms with Crippen LogP contribution in [-0.4, -0.2) is 0 Å². The summed E-state index contributed by atoms with van der Waals surface area (Å²) < 4.78 is 8.68. The number of benzene rings is 6. The molecule has 0 amide bonds. The fourth-order valence-electron chi connectivity index (χ4n) is 5.92. The van der Waals surface area contributed by atoms with Gasteiger partial charge in [0, 0.05) is 36.5 Å². The van der Waals surface area contributed by atoms with Gasteiger partial charge in [-0.2, -0.15) is 5.26 Å². The van der Waals surface area contributed by atoms with Crippen LogP contribution in [0.5, 0.6) is 0 Å². The summed E-state index contributed by atoms with van der Waals surface area (Å²) in [7, 11) is 0. The minimum absolute atomic E-state index is 0.650. The first-order valence-electron chi connectivity index (χ1n) is 13.2. The number of furan rings is 1. The van der Waals surface area contributed by atoms with E-state index in [9.17, 15) is 5.26 Å². The predicted octanol–water partition coefficient (Wildman–Crippen LogP) is 10.8. The molecule has 0 saturated heterocycles. The minimum atomic E-state index is 0.650. The summed E-state index contributed by atoms with van der Waals surface area (Å²) in [5.41, 5.74) is 8.68. The first-order chi connectivity index (χ1) is 19.8. The maximum absolute atomic E-state index is 10.3. The first kappa shape index (κ1) is 22.8. The van der Waals surface area contributed by atoms with Gasteiger partial charge in [-0.15, -0.1) is 11.3 Å². The second kappa shape index (κ2) is 8.95. The molecule has 8 aromatic rings. The number of para-hydroxylation sites is 1. The maximum Gasteiger partial charge on any atom is 0.135 e. The summed E-state index contributed by atoms with van der Waals surface area (Å²) in [5.74, 6) is 0. The average molecular weight is 528 g/mol. The summed E-state index contributed by atoms with van der Waals surface area (Å²) in [4.78, 5) is 0. The van der Waals surface area contributed by atoms with E-state index in [0.29, 0.717) is 5.56 Å². The highest BCUT2D eigenvalue weighted by Crippen LogP contribution is 2.45. The molecule has 2 nitrogen and oxygen atoms in total. The topological polar surface area (TPSA) is 36.9 Å². The van der Waals surface area contributed by atoms with Crippen LogP contribution in [0.4, 0.5) is 0 Å². The molecule has 0 unspecified atom stereocenters. The van der Waals surface area contributed by atoms with Gasteiger partial charge in [-0.1, -0.05) is 84.9 Å². The van der Waals surface area contributed by atoms with Gasteiger partial charge >= 0.3 is 0 Å². The van der Waals surface area contributed by atoms with E-state index in [-0.39, 0.29) is 0 Å². The molecule has 0 radical (unpaired) electrons. The Labute approximate surface area is 235 Å². The molecule has 0 aliphatic heterocycles. The van der Waals surface area contributed by atoms with Crippen molar-refractivity contribution in [2.45, 2.75) is 0 Å². The van der Waals surface area contributed by atoms with Crippen molar-refractivity contribution in [3.63, 3.8) is 0 Å². The lowest BCUT2D eigenvalue weighted by Crippen LogP contribution is -1.94. The molecule has 0 saturated carbocycles. The summed E-state index contributed by atoms with van der Waals surface area (Å²) in [5, 5.41) is 15.0. The standard InChI is InChI=1S/C37H21NOS/c38-22-26-14-17-27(24-16-19-35-31(20-24)29-11-5-7-13-34(29)40-35)37(23-8-2-1-3-9-23)36(26)25-15-18-33-30(21-25)28-10-4-6-12-32(28)39-33/h1-21H. The number of thiophene rings is 1. The summed E-state index contributed by atoms with van der Waals surface area (Å²) >= 11 is 1.82. The minimum Gasteiger partial charge on any atom is -0.456 e. The van der Waals surface area contributed by atoms with Gasteiger partial charge in [0.25, 0.3) is 0 Å². The van der Waals surface area contributed by atoms with Gasteiger partial charge in [0.05, 0.1) is 11.6 Å². The molecule has 0 fully saturated rings. The molecule has 0 aliphatic rings. The Hall–Kier alpha value is -5.17. The molecule has 2 aromatic heterocycles. The quantitative estimate of drug-likeness (QED) is 0.229. The zero-order chi connectivity index (χ0) is 26.6. The van der Waals surface area contributed by atoms with E-state index in [1.165, 1.54) is 20.2 Å². The van der Waals surface area contributed by atoms with E-state index in [1.54, 1.807) is 0 Å². The van der Waals surface area contributed by atoms with Gasteiger partial charge in [-0.25, -0.2) is 0 Å². The molecular formula is C37H21NOS. The lowest BCUT2D eigenvalue weighted by Gasteiger charge is -2.18. The molecule has 0 spiro atoms. The average Bonchev–Trinajstić information content (AvgIpc) is 3.58. The second-order valence-electron chi connectivity index (χ2n) is 10.0. The molecule has 0 N–H and O–H groups in total. The van der Waals surface area contributed by atoms with Gasteiger partial charge in [0.1, 0.15) is 11.2 Å². The Morgan fingerprint density at radius 2 is 1.20 bits per heavy atom. The molecule has 0 atom stereocenters. The number of nitriles is 1. The first-order valence-corrected chi connectivity index (χ1v) is 14.1. The molecule has 0 bridgehead atoms. The molecule has 3 heteroatoms. The third-order valence-corrected chi connectivity index (χ3v) is 8.89. The Kier molecular flexibility index (Phi) is 5.10. The largest absolute Gasteiger partial charge is 0.456 e. The van der Waals surface area contributed by atoms with E-state index < -0.39 is 0 Å². The molecule has 2 heterocycles.